The van der Waals surface area contributed by atoms with Gasteiger partial charge < -0.3 is 10.4 Å². The first-order chi connectivity index (χ1) is 10.5. The van der Waals surface area contributed by atoms with E-state index in [1.54, 1.807) is 18.2 Å². The molecule has 0 aliphatic heterocycles. The molecule has 4 nitrogen and oxygen atoms in total. The molecule has 0 amide bonds. The molecule has 0 radical (unpaired) electrons. The van der Waals surface area contributed by atoms with Crippen LogP contribution in [-0.4, -0.2) is 17.1 Å². The highest BCUT2D eigenvalue weighted by atomic mass is 35.5. The summed E-state index contributed by atoms with van der Waals surface area (Å²) in [4.78, 5) is 11.4. The Labute approximate surface area is 131 Å². The van der Waals surface area contributed by atoms with E-state index in [2.05, 4.69) is 5.32 Å². The van der Waals surface area contributed by atoms with Crippen molar-refractivity contribution in [3.05, 3.63) is 64.4 Å². The van der Waals surface area contributed by atoms with Crippen LogP contribution in [0.5, 0.6) is 0 Å². The molecule has 0 saturated heterocycles. The lowest BCUT2D eigenvalue weighted by molar-refractivity contribution is -0.137. The molecule has 0 unspecified atom stereocenters. The van der Waals surface area contributed by atoms with Crippen LogP contribution in [0.2, 0.25) is 5.02 Å². The number of halogens is 2. The number of nitriles is 1. The number of benzene rings is 2. The summed E-state index contributed by atoms with van der Waals surface area (Å²) in [5.41, 5.74) is 1.51. The van der Waals surface area contributed by atoms with Gasteiger partial charge in [-0.2, -0.15) is 5.26 Å². The second kappa shape index (κ2) is 6.92. The van der Waals surface area contributed by atoms with Crippen LogP contribution in [0, 0.1) is 17.1 Å². The van der Waals surface area contributed by atoms with Crippen LogP contribution < -0.4 is 5.32 Å². The van der Waals surface area contributed by atoms with Gasteiger partial charge >= 0.3 is 5.97 Å². The first-order valence-corrected chi connectivity index (χ1v) is 6.81. The van der Waals surface area contributed by atoms with Crippen LogP contribution in [0.3, 0.4) is 0 Å². The normalized spacial score (nSPS) is 11.5. The lowest BCUT2D eigenvalue weighted by atomic mass is 10.1. The fourth-order valence-corrected chi connectivity index (χ4v) is 2.18. The Hall–Kier alpha value is -2.58. The first kappa shape index (κ1) is 15.8. The van der Waals surface area contributed by atoms with Crippen LogP contribution >= 0.6 is 11.6 Å². The number of hydrogen-bond donors (Lipinski definition) is 2. The molecule has 0 heterocycles. The third-order valence-corrected chi connectivity index (χ3v) is 3.39. The van der Waals surface area contributed by atoms with E-state index in [9.17, 15) is 14.3 Å². The summed E-state index contributed by atoms with van der Waals surface area (Å²) in [6, 6.07) is 11.3. The van der Waals surface area contributed by atoms with E-state index in [1.807, 2.05) is 6.07 Å². The first-order valence-electron chi connectivity index (χ1n) is 6.43. The fraction of sp³-hybridized carbons (Fsp3) is 0.125. The Morgan fingerprint density at radius 2 is 2.00 bits per heavy atom. The quantitative estimate of drug-likeness (QED) is 0.885. The van der Waals surface area contributed by atoms with Gasteiger partial charge in [-0.3, -0.25) is 0 Å². The molecule has 2 rings (SSSR count). The third-order valence-electron chi connectivity index (χ3n) is 3.08. The number of aliphatic carboxylic acids is 1. The number of hydrogen-bond acceptors (Lipinski definition) is 3. The number of carboxylic acid groups (broad SMARTS) is 1. The van der Waals surface area contributed by atoms with Crippen LogP contribution in [-0.2, 0) is 11.2 Å². The molecule has 0 aromatic heterocycles. The molecule has 0 aliphatic rings. The molecule has 0 spiro atoms. The van der Waals surface area contributed by atoms with Crippen molar-refractivity contribution in [3.8, 4) is 6.07 Å². The minimum Gasteiger partial charge on any atom is -0.480 e. The fourth-order valence-electron chi connectivity index (χ4n) is 1.95. The highest BCUT2D eigenvalue weighted by Crippen LogP contribution is 2.21. The van der Waals surface area contributed by atoms with E-state index >= 15 is 0 Å². The maximum Gasteiger partial charge on any atom is 0.326 e. The van der Waals surface area contributed by atoms with Gasteiger partial charge in [-0.05, 0) is 35.9 Å². The molecule has 6 heteroatoms. The van der Waals surface area contributed by atoms with Gasteiger partial charge in [0, 0.05) is 12.1 Å². The molecule has 2 aromatic carbocycles. The SMILES string of the molecule is N#Cc1ccc(N[C@@H](Cc2ccc(F)cc2)C(=O)O)cc1Cl. The van der Waals surface area contributed by atoms with E-state index in [0.717, 1.165) is 0 Å². The van der Waals surface area contributed by atoms with Crippen molar-refractivity contribution in [1.29, 1.82) is 5.26 Å². The lowest BCUT2D eigenvalue weighted by Gasteiger charge is -2.16. The minimum absolute atomic E-state index is 0.188. The van der Waals surface area contributed by atoms with Crippen LogP contribution in [0.25, 0.3) is 0 Å². The van der Waals surface area contributed by atoms with Crippen molar-refractivity contribution in [1.82, 2.24) is 0 Å². The molecule has 1 atom stereocenters. The van der Waals surface area contributed by atoms with Crippen molar-refractivity contribution >= 4 is 23.3 Å². The second-order valence-electron chi connectivity index (χ2n) is 4.67. The molecule has 0 bridgehead atoms. The van der Waals surface area contributed by atoms with Gasteiger partial charge in [-0.1, -0.05) is 23.7 Å². The average Bonchev–Trinajstić information content (AvgIpc) is 2.49. The van der Waals surface area contributed by atoms with Gasteiger partial charge in [-0.25, -0.2) is 9.18 Å². The lowest BCUT2D eigenvalue weighted by Crippen LogP contribution is -2.31. The van der Waals surface area contributed by atoms with Crippen molar-refractivity contribution in [2.75, 3.05) is 5.32 Å². The summed E-state index contributed by atoms with van der Waals surface area (Å²) in [6.45, 7) is 0. The number of nitrogens with one attached hydrogen (secondary N) is 1. The van der Waals surface area contributed by atoms with Crippen molar-refractivity contribution < 1.29 is 14.3 Å². The number of anilines is 1. The van der Waals surface area contributed by atoms with Gasteiger partial charge in [-0.15, -0.1) is 0 Å². The van der Waals surface area contributed by atoms with Crippen LogP contribution in [0.15, 0.2) is 42.5 Å². The Morgan fingerprint density at radius 1 is 1.32 bits per heavy atom. The third kappa shape index (κ3) is 3.96. The number of nitrogens with zero attached hydrogens (tertiary/aromatic N) is 1. The standard InChI is InChI=1S/C16H12ClFN2O2/c17-14-8-13(6-3-11(14)9-19)20-15(16(21)22)7-10-1-4-12(18)5-2-10/h1-6,8,15,20H,7H2,(H,21,22)/t15-/m0/s1. The van der Waals surface area contributed by atoms with E-state index in [-0.39, 0.29) is 17.3 Å². The Balaban J connectivity index is 2.15. The zero-order chi connectivity index (χ0) is 16.1. The van der Waals surface area contributed by atoms with E-state index < -0.39 is 12.0 Å². The highest BCUT2D eigenvalue weighted by Gasteiger charge is 2.18. The predicted octanol–water partition coefficient (Wildman–Crippen LogP) is 3.46. The Morgan fingerprint density at radius 3 is 2.55 bits per heavy atom. The zero-order valence-corrected chi connectivity index (χ0v) is 12.1. The molecule has 0 aliphatic carbocycles. The zero-order valence-electron chi connectivity index (χ0n) is 11.4. The largest absolute Gasteiger partial charge is 0.480 e. The predicted molar refractivity (Wildman–Crippen MR) is 81.3 cm³/mol. The van der Waals surface area contributed by atoms with Crippen molar-refractivity contribution in [2.24, 2.45) is 0 Å². The minimum atomic E-state index is -1.04. The number of carboxylic acids is 1. The Bertz CT molecular complexity index is 726. The molecule has 2 N–H and O–H groups in total. The smallest absolute Gasteiger partial charge is 0.326 e. The van der Waals surface area contributed by atoms with Gasteiger partial charge in [0.05, 0.1) is 10.6 Å². The van der Waals surface area contributed by atoms with E-state index in [4.69, 9.17) is 16.9 Å². The number of rotatable bonds is 5. The molecule has 0 fully saturated rings. The van der Waals surface area contributed by atoms with Gasteiger partial charge in [0.15, 0.2) is 0 Å². The maximum absolute atomic E-state index is 12.9. The van der Waals surface area contributed by atoms with Crippen LogP contribution in [0.1, 0.15) is 11.1 Å². The topological polar surface area (TPSA) is 73.1 Å². The molecule has 2 aromatic rings. The molecule has 0 saturated carbocycles. The van der Waals surface area contributed by atoms with Crippen LogP contribution in [0.4, 0.5) is 10.1 Å². The Kier molecular flexibility index (Phi) is 4.97. The summed E-state index contributed by atoms with van der Waals surface area (Å²) in [5, 5.41) is 21.2. The molecular formula is C16H12ClFN2O2. The van der Waals surface area contributed by atoms with E-state index in [0.29, 0.717) is 16.8 Å². The highest BCUT2D eigenvalue weighted by molar-refractivity contribution is 6.32. The summed E-state index contributed by atoms with van der Waals surface area (Å²) in [5.74, 6) is -1.41. The summed E-state index contributed by atoms with van der Waals surface area (Å²) < 4.78 is 12.9. The summed E-state index contributed by atoms with van der Waals surface area (Å²) in [6.07, 6.45) is 0.188. The molecule has 112 valence electrons. The summed E-state index contributed by atoms with van der Waals surface area (Å²) in [7, 11) is 0. The average molecular weight is 319 g/mol. The van der Waals surface area contributed by atoms with Crippen molar-refractivity contribution in [2.45, 2.75) is 12.5 Å². The maximum atomic E-state index is 12.9. The van der Waals surface area contributed by atoms with Gasteiger partial charge in [0.2, 0.25) is 0 Å². The molecular weight excluding hydrogens is 307 g/mol. The second-order valence-corrected chi connectivity index (χ2v) is 5.08. The van der Waals surface area contributed by atoms with Gasteiger partial charge in [0.1, 0.15) is 17.9 Å². The molecule has 22 heavy (non-hydrogen) atoms. The van der Waals surface area contributed by atoms with Crippen molar-refractivity contribution in [3.63, 3.8) is 0 Å². The summed E-state index contributed by atoms with van der Waals surface area (Å²) >= 11 is 5.92. The van der Waals surface area contributed by atoms with Gasteiger partial charge in [0.25, 0.3) is 0 Å². The van der Waals surface area contributed by atoms with E-state index in [1.165, 1.54) is 24.3 Å². The monoisotopic (exact) mass is 318 g/mol. The number of carbonyl (C=O) groups is 1.